The third-order valence-electron chi connectivity index (χ3n) is 2.45. The largest absolute Gasteiger partial charge is 0.497 e. The summed E-state index contributed by atoms with van der Waals surface area (Å²) in [6, 6.07) is 18.8. The number of nitriles is 1. The molecule has 0 aromatic heterocycles. The highest BCUT2D eigenvalue weighted by molar-refractivity contribution is 6.12. The number of hydrogen-bond acceptors (Lipinski definition) is 3. The van der Waals surface area contributed by atoms with Gasteiger partial charge in [-0.2, -0.15) is 5.26 Å². The Hall–Kier alpha value is -2.60. The second-order valence-corrected chi connectivity index (χ2v) is 3.64. The molecule has 0 aliphatic heterocycles. The molecule has 0 saturated heterocycles. The molecule has 0 bridgehead atoms. The Kier molecular flexibility index (Phi) is 3.72. The van der Waals surface area contributed by atoms with Crippen molar-refractivity contribution in [2.75, 3.05) is 7.11 Å². The van der Waals surface area contributed by atoms with E-state index in [1.807, 2.05) is 48.5 Å². The van der Waals surface area contributed by atoms with Crippen LogP contribution in [0.1, 0.15) is 5.56 Å². The average molecular weight is 236 g/mol. The third kappa shape index (κ3) is 2.74. The van der Waals surface area contributed by atoms with Crippen LogP contribution >= 0.6 is 0 Å². The molecule has 0 spiro atoms. The Morgan fingerprint density at radius 1 is 1.11 bits per heavy atom. The van der Waals surface area contributed by atoms with Crippen LogP contribution in [0.15, 0.2) is 59.6 Å². The molecule has 0 aliphatic carbocycles. The summed E-state index contributed by atoms with van der Waals surface area (Å²) in [6.45, 7) is 0. The fraction of sp³-hybridized carbons (Fsp3) is 0.0667. The van der Waals surface area contributed by atoms with Crippen LogP contribution in [0.3, 0.4) is 0 Å². The van der Waals surface area contributed by atoms with E-state index in [9.17, 15) is 0 Å². The Morgan fingerprint density at radius 3 is 2.56 bits per heavy atom. The Labute approximate surface area is 106 Å². The summed E-state index contributed by atoms with van der Waals surface area (Å²) in [5.74, 6) is 0.724. The van der Waals surface area contributed by atoms with Crippen LogP contribution in [-0.2, 0) is 0 Å². The topological polar surface area (TPSA) is 45.4 Å². The maximum atomic E-state index is 9.16. The molecule has 2 aromatic carbocycles. The van der Waals surface area contributed by atoms with Crippen molar-refractivity contribution in [3.05, 3.63) is 60.2 Å². The monoisotopic (exact) mass is 236 g/mol. The van der Waals surface area contributed by atoms with Crippen LogP contribution in [0.2, 0.25) is 0 Å². The lowest BCUT2D eigenvalue weighted by molar-refractivity contribution is 0.415. The van der Waals surface area contributed by atoms with Crippen LogP contribution in [0.25, 0.3) is 0 Å². The summed E-state index contributed by atoms with van der Waals surface area (Å²) < 4.78 is 5.12. The van der Waals surface area contributed by atoms with Crippen molar-refractivity contribution < 1.29 is 4.74 Å². The van der Waals surface area contributed by atoms with E-state index in [-0.39, 0.29) is 0 Å². The van der Waals surface area contributed by atoms with Gasteiger partial charge in [-0.1, -0.05) is 36.4 Å². The summed E-state index contributed by atoms with van der Waals surface area (Å²) >= 11 is 0. The van der Waals surface area contributed by atoms with Gasteiger partial charge in [-0.05, 0) is 12.1 Å². The zero-order valence-electron chi connectivity index (χ0n) is 10.00. The van der Waals surface area contributed by atoms with Gasteiger partial charge in [0.1, 0.15) is 17.5 Å². The standard InChI is InChI=1S/C15H12N2O/c1-18-14-9-5-8-13(10-14)17-15(11-16)12-6-3-2-4-7-12/h2-10H,1H3. The van der Waals surface area contributed by atoms with Gasteiger partial charge in [-0.25, -0.2) is 4.99 Å². The zero-order valence-corrected chi connectivity index (χ0v) is 10.00. The predicted octanol–water partition coefficient (Wildman–Crippen LogP) is 3.34. The summed E-state index contributed by atoms with van der Waals surface area (Å²) in [7, 11) is 1.60. The van der Waals surface area contributed by atoms with Crippen LogP contribution in [0.5, 0.6) is 5.75 Å². The van der Waals surface area contributed by atoms with Gasteiger partial charge in [-0.3, -0.25) is 0 Å². The highest BCUT2D eigenvalue weighted by Crippen LogP contribution is 2.20. The van der Waals surface area contributed by atoms with E-state index in [0.717, 1.165) is 11.3 Å². The molecule has 0 fully saturated rings. The summed E-state index contributed by atoms with van der Waals surface area (Å²) in [6.07, 6.45) is 0. The van der Waals surface area contributed by atoms with Crippen molar-refractivity contribution in [3.63, 3.8) is 0 Å². The first kappa shape index (κ1) is 11.9. The second kappa shape index (κ2) is 5.65. The minimum absolute atomic E-state index is 0.392. The second-order valence-electron chi connectivity index (χ2n) is 3.64. The molecule has 3 nitrogen and oxygen atoms in total. The Balaban J connectivity index is 2.39. The molecule has 0 aliphatic rings. The molecule has 0 radical (unpaired) electrons. The SMILES string of the molecule is COc1cccc(N=C(C#N)c2ccccc2)c1. The molecule has 3 heteroatoms. The molecule has 0 N–H and O–H groups in total. The molecular weight excluding hydrogens is 224 g/mol. The van der Waals surface area contributed by atoms with Gasteiger partial charge in [0.15, 0.2) is 0 Å². The lowest BCUT2D eigenvalue weighted by atomic mass is 10.1. The van der Waals surface area contributed by atoms with Gasteiger partial charge >= 0.3 is 0 Å². The quantitative estimate of drug-likeness (QED) is 0.767. The zero-order chi connectivity index (χ0) is 12.8. The fourth-order valence-corrected chi connectivity index (χ4v) is 1.56. The van der Waals surface area contributed by atoms with Gasteiger partial charge in [-0.15, -0.1) is 0 Å². The Bertz CT molecular complexity index is 597. The molecule has 0 heterocycles. The predicted molar refractivity (Wildman–Crippen MR) is 71.2 cm³/mol. The lowest BCUT2D eigenvalue weighted by Gasteiger charge is -2.01. The van der Waals surface area contributed by atoms with Crippen molar-refractivity contribution in [2.45, 2.75) is 0 Å². The van der Waals surface area contributed by atoms with Gasteiger partial charge in [0.2, 0.25) is 0 Å². The maximum Gasteiger partial charge on any atom is 0.148 e. The highest BCUT2D eigenvalue weighted by atomic mass is 16.5. The summed E-state index contributed by atoms with van der Waals surface area (Å²) in [5, 5.41) is 9.16. The molecule has 2 rings (SSSR count). The van der Waals surface area contributed by atoms with E-state index in [2.05, 4.69) is 11.1 Å². The van der Waals surface area contributed by atoms with Crippen LogP contribution in [0, 0.1) is 11.3 Å². The molecule has 2 aromatic rings. The molecule has 0 atom stereocenters. The lowest BCUT2D eigenvalue weighted by Crippen LogP contribution is -1.95. The minimum Gasteiger partial charge on any atom is -0.497 e. The van der Waals surface area contributed by atoms with Crippen LogP contribution in [-0.4, -0.2) is 12.8 Å². The van der Waals surface area contributed by atoms with Crippen molar-refractivity contribution >= 4 is 11.4 Å². The first-order valence-electron chi connectivity index (χ1n) is 5.52. The van der Waals surface area contributed by atoms with E-state index in [1.54, 1.807) is 13.2 Å². The minimum atomic E-state index is 0.392. The molecule has 88 valence electrons. The van der Waals surface area contributed by atoms with Crippen molar-refractivity contribution in [2.24, 2.45) is 4.99 Å². The van der Waals surface area contributed by atoms with E-state index in [0.29, 0.717) is 11.4 Å². The molecular formula is C15H12N2O. The molecule has 0 amide bonds. The first-order valence-corrected chi connectivity index (χ1v) is 5.52. The van der Waals surface area contributed by atoms with Crippen LogP contribution < -0.4 is 4.74 Å². The van der Waals surface area contributed by atoms with E-state index in [4.69, 9.17) is 10.00 Å². The number of hydrogen-bond donors (Lipinski definition) is 0. The smallest absolute Gasteiger partial charge is 0.148 e. The number of ether oxygens (including phenoxy) is 1. The average Bonchev–Trinajstić information content (AvgIpc) is 2.46. The summed E-state index contributed by atoms with van der Waals surface area (Å²) in [5.41, 5.74) is 1.90. The van der Waals surface area contributed by atoms with Crippen molar-refractivity contribution in [1.82, 2.24) is 0 Å². The number of rotatable bonds is 3. The number of aliphatic imine (C=N–C) groups is 1. The first-order chi connectivity index (χ1) is 8.83. The van der Waals surface area contributed by atoms with E-state index < -0.39 is 0 Å². The van der Waals surface area contributed by atoms with Crippen molar-refractivity contribution in [3.8, 4) is 11.8 Å². The third-order valence-corrected chi connectivity index (χ3v) is 2.45. The molecule has 18 heavy (non-hydrogen) atoms. The van der Waals surface area contributed by atoms with Crippen LogP contribution in [0.4, 0.5) is 5.69 Å². The number of nitrogens with zero attached hydrogens (tertiary/aromatic N) is 2. The van der Waals surface area contributed by atoms with E-state index >= 15 is 0 Å². The summed E-state index contributed by atoms with van der Waals surface area (Å²) in [4.78, 5) is 4.33. The Morgan fingerprint density at radius 2 is 1.89 bits per heavy atom. The van der Waals surface area contributed by atoms with Gasteiger partial charge < -0.3 is 4.74 Å². The molecule has 0 unspecified atom stereocenters. The highest BCUT2D eigenvalue weighted by Gasteiger charge is 2.02. The van der Waals surface area contributed by atoms with E-state index in [1.165, 1.54) is 0 Å². The van der Waals surface area contributed by atoms with Gasteiger partial charge in [0.05, 0.1) is 12.8 Å². The van der Waals surface area contributed by atoms with Gasteiger partial charge in [0, 0.05) is 11.6 Å². The number of methoxy groups -OCH3 is 1. The normalized spacial score (nSPS) is 10.8. The number of benzene rings is 2. The molecule has 0 saturated carbocycles. The maximum absolute atomic E-state index is 9.16. The van der Waals surface area contributed by atoms with Crippen molar-refractivity contribution in [1.29, 1.82) is 5.26 Å². The van der Waals surface area contributed by atoms with Gasteiger partial charge in [0.25, 0.3) is 0 Å². The fourth-order valence-electron chi connectivity index (χ4n) is 1.56.